The summed E-state index contributed by atoms with van der Waals surface area (Å²) in [6.07, 6.45) is -1.25. The molecule has 0 aromatic heterocycles. The van der Waals surface area contributed by atoms with Gasteiger partial charge in [-0.2, -0.15) is 13.2 Å². The van der Waals surface area contributed by atoms with Crippen LogP contribution < -0.4 is 5.32 Å². The summed E-state index contributed by atoms with van der Waals surface area (Å²) in [7, 11) is 0. The van der Waals surface area contributed by atoms with Crippen LogP contribution in [0.1, 0.15) is 19.3 Å². The fourth-order valence-electron chi connectivity index (χ4n) is 1.37. The Kier molecular flexibility index (Phi) is 3.99. The van der Waals surface area contributed by atoms with E-state index in [1.54, 1.807) is 0 Å². The standard InChI is InChI=1S/C8H14F3NO/c9-8(10,11)6-12-4-3-7-2-1-5-13-7/h7,12H,1-6H2. The Morgan fingerprint density at radius 3 is 2.69 bits per heavy atom. The zero-order chi connectivity index (χ0) is 9.73. The van der Waals surface area contributed by atoms with Gasteiger partial charge in [-0.05, 0) is 25.8 Å². The molecule has 13 heavy (non-hydrogen) atoms. The van der Waals surface area contributed by atoms with Gasteiger partial charge in [0.05, 0.1) is 12.6 Å². The molecule has 0 amide bonds. The van der Waals surface area contributed by atoms with Crippen molar-refractivity contribution in [2.45, 2.75) is 31.5 Å². The van der Waals surface area contributed by atoms with E-state index in [0.29, 0.717) is 13.0 Å². The van der Waals surface area contributed by atoms with E-state index >= 15 is 0 Å². The third-order valence-electron chi connectivity index (χ3n) is 1.99. The van der Waals surface area contributed by atoms with Crippen LogP contribution in [0.15, 0.2) is 0 Å². The molecular formula is C8H14F3NO. The molecule has 78 valence electrons. The van der Waals surface area contributed by atoms with Gasteiger partial charge in [0.15, 0.2) is 0 Å². The highest BCUT2D eigenvalue weighted by Gasteiger charge is 2.26. The molecule has 1 fully saturated rings. The molecule has 0 aromatic carbocycles. The summed E-state index contributed by atoms with van der Waals surface area (Å²) in [5, 5.41) is 2.35. The van der Waals surface area contributed by atoms with Gasteiger partial charge < -0.3 is 10.1 Å². The van der Waals surface area contributed by atoms with Crippen molar-refractivity contribution in [3.05, 3.63) is 0 Å². The molecular weight excluding hydrogens is 183 g/mol. The lowest BCUT2D eigenvalue weighted by Gasteiger charge is -2.11. The minimum atomic E-state index is -4.10. The second-order valence-electron chi connectivity index (χ2n) is 3.22. The summed E-state index contributed by atoms with van der Waals surface area (Å²) < 4.78 is 40.3. The number of hydrogen-bond acceptors (Lipinski definition) is 2. The second kappa shape index (κ2) is 4.81. The van der Waals surface area contributed by atoms with Gasteiger partial charge in [0.25, 0.3) is 0 Å². The Hall–Kier alpha value is -0.290. The van der Waals surface area contributed by atoms with E-state index in [4.69, 9.17) is 4.74 Å². The van der Waals surface area contributed by atoms with Crippen LogP contribution in [-0.4, -0.2) is 32.0 Å². The van der Waals surface area contributed by atoms with Gasteiger partial charge in [-0.25, -0.2) is 0 Å². The summed E-state index contributed by atoms with van der Waals surface area (Å²) in [6.45, 7) is 0.230. The summed E-state index contributed by atoms with van der Waals surface area (Å²) in [5.41, 5.74) is 0. The summed E-state index contributed by atoms with van der Waals surface area (Å²) >= 11 is 0. The third-order valence-corrected chi connectivity index (χ3v) is 1.99. The number of rotatable bonds is 4. The first kappa shape index (κ1) is 10.8. The van der Waals surface area contributed by atoms with E-state index in [-0.39, 0.29) is 6.10 Å². The Bertz CT molecular complexity index is 143. The molecule has 1 atom stereocenters. The first-order chi connectivity index (χ1) is 6.08. The summed E-state index contributed by atoms with van der Waals surface area (Å²) in [6, 6.07) is 0. The first-order valence-corrected chi connectivity index (χ1v) is 4.47. The lowest BCUT2D eigenvalue weighted by atomic mass is 10.2. The number of alkyl halides is 3. The predicted octanol–water partition coefficient (Wildman–Crippen LogP) is 1.71. The fourth-order valence-corrected chi connectivity index (χ4v) is 1.37. The van der Waals surface area contributed by atoms with Gasteiger partial charge in [0, 0.05) is 6.61 Å². The largest absolute Gasteiger partial charge is 0.401 e. The Balaban J connectivity index is 1.94. The minimum absolute atomic E-state index is 0.167. The normalized spacial score (nSPS) is 23.8. The van der Waals surface area contributed by atoms with Crippen LogP contribution in [0.2, 0.25) is 0 Å². The van der Waals surface area contributed by atoms with E-state index in [1.807, 2.05) is 0 Å². The zero-order valence-corrected chi connectivity index (χ0v) is 7.36. The van der Waals surface area contributed by atoms with Crippen molar-refractivity contribution in [2.24, 2.45) is 0 Å². The van der Waals surface area contributed by atoms with Gasteiger partial charge >= 0.3 is 6.18 Å². The maximum Gasteiger partial charge on any atom is 0.401 e. The smallest absolute Gasteiger partial charge is 0.378 e. The third kappa shape index (κ3) is 5.10. The van der Waals surface area contributed by atoms with E-state index in [9.17, 15) is 13.2 Å². The van der Waals surface area contributed by atoms with Gasteiger partial charge in [-0.15, -0.1) is 0 Å². The molecule has 1 unspecified atom stereocenters. The number of halogens is 3. The first-order valence-electron chi connectivity index (χ1n) is 4.47. The highest BCUT2D eigenvalue weighted by atomic mass is 19.4. The van der Waals surface area contributed by atoms with E-state index in [1.165, 1.54) is 0 Å². The molecule has 1 heterocycles. The molecule has 1 aliphatic heterocycles. The minimum Gasteiger partial charge on any atom is -0.378 e. The van der Waals surface area contributed by atoms with Crippen LogP contribution in [0.25, 0.3) is 0 Å². The Morgan fingerprint density at radius 1 is 1.38 bits per heavy atom. The van der Waals surface area contributed by atoms with Crippen molar-refractivity contribution in [1.29, 1.82) is 0 Å². The highest BCUT2D eigenvalue weighted by Crippen LogP contribution is 2.15. The van der Waals surface area contributed by atoms with Crippen molar-refractivity contribution >= 4 is 0 Å². The molecule has 0 spiro atoms. The van der Waals surface area contributed by atoms with Crippen LogP contribution in [-0.2, 0) is 4.74 Å². The molecule has 0 aliphatic carbocycles. The maximum atomic E-state index is 11.7. The van der Waals surface area contributed by atoms with Gasteiger partial charge in [0.2, 0.25) is 0 Å². The Morgan fingerprint density at radius 2 is 2.15 bits per heavy atom. The van der Waals surface area contributed by atoms with E-state index in [0.717, 1.165) is 19.4 Å². The number of ether oxygens (including phenoxy) is 1. The molecule has 0 radical (unpaired) electrons. The van der Waals surface area contributed by atoms with Crippen LogP contribution in [0.3, 0.4) is 0 Å². The van der Waals surface area contributed by atoms with Crippen molar-refractivity contribution in [2.75, 3.05) is 19.7 Å². The maximum absolute atomic E-state index is 11.7. The van der Waals surface area contributed by atoms with Gasteiger partial charge in [-0.1, -0.05) is 0 Å². The van der Waals surface area contributed by atoms with Crippen LogP contribution >= 0.6 is 0 Å². The average molecular weight is 197 g/mol. The Labute approximate surface area is 75.4 Å². The van der Waals surface area contributed by atoms with Crippen molar-refractivity contribution < 1.29 is 17.9 Å². The highest BCUT2D eigenvalue weighted by molar-refractivity contribution is 4.66. The molecule has 0 aromatic rings. The van der Waals surface area contributed by atoms with Crippen molar-refractivity contribution in [3.63, 3.8) is 0 Å². The van der Waals surface area contributed by atoms with Crippen molar-refractivity contribution in [1.82, 2.24) is 5.32 Å². The number of hydrogen-bond donors (Lipinski definition) is 1. The molecule has 2 nitrogen and oxygen atoms in total. The fraction of sp³-hybridized carbons (Fsp3) is 1.00. The lowest BCUT2D eigenvalue weighted by molar-refractivity contribution is -0.124. The van der Waals surface area contributed by atoms with E-state index < -0.39 is 12.7 Å². The number of nitrogens with one attached hydrogen (secondary N) is 1. The summed E-state index contributed by atoms with van der Waals surface area (Å²) in [5.74, 6) is 0. The molecule has 1 rings (SSSR count). The predicted molar refractivity (Wildman–Crippen MR) is 42.5 cm³/mol. The molecule has 1 N–H and O–H groups in total. The topological polar surface area (TPSA) is 21.3 Å². The van der Waals surface area contributed by atoms with Gasteiger partial charge in [0.1, 0.15) is 0 Å². The SMILES string of the molecule is FC(F)(F)CNCCC1CCCO1. The zero-order valence-electron chi connectivity index (χ0n) is 7.36. The van der Waals surface area contributed by atoms with E-state index in [2.05, 4.69) is 5.32 Å². The van der Waals surface area contributed by atoms with Crippen molar-refractivity contribution in [3.8, 4) is 0 Å². The van der Waals surface area contributed by atoms with Gasteiger partial charge in [-0.3, -0.25) is 0 Å². The van der Waals surface area contributed by atoms with Crippen LogP contribution in [0.5, 0.6) is 0 Å². The van der Waals surface area contributed by atoms with Crippen LogP contribution in [0, 0.1) is 0 Å². The monoisotopic (exact) mass is 197 g/mol. The molecule has 0 saturated carbocycles. The molecule has 0 bridgehead atoms. The molecule has 1 saturated heterocycles. The molecule has 1 aliphatic rings. The lowest BCUT2D eigenvalue weighted by Crippen LogP contribution is -2.30. The summed E-state index contributed by atoms with van der Waals surface area (Å²) in [4.78, 5) is 0. The quantitative estimate of drug-likeness (QED) is 0.693. The molecule has 5 heteroatoms. The average Bonchev–Trinajstić information content (AvgIpc) is 2.48. The van der Waals surface area contributed by atoms with Crippen LogP contribution in [0.4, 0.5) is 13.2 Å². The second-order valence-corrected chi connectivity index (χ2v) is 3.22.